The number of thiophene rings is 2. The van der Waals surface area contributed by atoms with Crippen LogP contribution in [0.25, 0.3) is 0 Å². The Labute approximate surface area is 106 Å². The number of hydrogen-bond acceptors (Lipinski definition) is 3. The van der Waals surface area contributed by atoms with E-state index in [9.17, 15) is 4.79 Å². The van der Waals surface area contributed by atoms with Crippen LogP contribution in [0.15, 0.2) is 22.9 Å². The van der Waals surface area contributed by atoms with E-state index in [1.165, 1.54) is 5.56 Å². The lowest BCUT2D eigenvalue weighted by molar-refractivity contribution is 0.0701. The molecule has 84 valence electrons. The summed E-state index contributed by atoms with van der Waals surface area (Å²) in [5, 5.41) is 13.1. The van der Waals surface area contributed by atoms with Gasteiger partial charge in [0.05, 0.1) is 4.34 Å². The van der Waals surface area contributed by atoms with Gasteiger partial charge in [-0.1, -0.05) is 11.6 Å². The largest absolute Gasteiger partial charge is 0.477 e. The number of halogens is 1. The standard InChI is InChI=1S/C11H9ClO2S2/c12-9-5-8(10(16-9)11(13)14)2-1-7-3-4-15-6-7/h3-6H,1-2H2,(H,13,14). The van der Waals surface area contributed by atoms with Gasteiger partial charge in [-0.25, -0.2) is 4.79 Å². The minimum absolute atomic E-state index is 0.361. The third-order valence-corrected chi connectivity index (χ3v) is 4.26. The summed E-state index contributed by atoms with van der Waals surface area (Å²) in [5.74, 6) is -0.891. The number of hydrogen-bond donors (Lipinski definition) is 1. The second kappa shape index (κ2) is 4.99. The van der Waals surface area contributed by atoms with Crippen molar-refractivity contribution < 1.29 is 9.90 Å². The van der Waals surface area contributed by atoms with Crippen molar-refractivity contribution in [3.05, 3.63) is 43.2 Å². The minimum atomic E-state index is -0.891. The predicted octanol–water partition coefficient (Wildman–Crippen LogP) is 3.95. The van der Waals surface area contributed by atoms with Crippen LogP contribution in [0, 0.1) is 0 Å². The summed E-state index contributed by atoms with van der Waals surface area (Å²) in [5.41, 5.74) is 2.07. The molecule has 0 fully saturated rings. The summed E-state index contributed by atoms with van der Waals surface area (Å²) >= 11 is 8.61. The lowest BCUT2D eigenvalue weighted by atomic mass is 10.1. The van der Waals surface area contributed by atoms with Gasteiger partial charge >= 0.3 is 5.97 Å². The molecule has 2 rings (SSSR count). The van der Waals surface area contributed by atoms with Gasteiger partial charge < -0.3 is 5.11 Å². The molecule has 2 aromatic heterocycles. The van der Waals surface area contributed by atoms with Gasteiger partial charge in [0.1, 0.15) is 4.88 Å². The molecule has 0 unspecified atom stereocenters. The first-order valence-corrected chi connectivity index (χ1v) is 6.83. The Bertz CT molecular complexity index is 488. The van der Waals surface area contributed by atoms with Gasteiger partial charge in [-0.3, -0.25) is 0 Å². The first kappa shape index (κ1) is 11.6. The molecule has 0 spiro atoms. The van der Waals surface area contributed by atoms with E-state index in [-0.39, 0.29) is 0 Å². The van der Waals surface area contributed by atoms with Crippen molar-refractivity contribution >= 4 is 40.2 Å². The van der Waals surface area contributed by atoms with Crippen molar-refractivity contribution in [1.29, 1.82) is 0 Å². The zero-order valence-corrected chi connectivity index (χ0v) is 10.7. The Kier molecular flexibility index (Phi) is 3.63. The maximum absolute atomic E-state index is 11.0. The third-order valence-electron chi connectivity index (χ3n) is 2.24. The normalized spacial score (nSPS) is 10.6. The summed E-state index contributed by atoms with van der Waals surface area (Å²) in [6, 6.07) is 3.81. The highest BCUT2D eigenvalue weighted by Gasteiger charge is 2.14. The topological polar surface area (TPSA) is 37.3 Å². The second-order valence-electron chi connectivity index (χ2n) is 3.34. The monoisotopic (exact) mass is 272 g/mol. The molecule has 0 aliphatic heterocycles. The highest BCUT2D eigenvalue weighted by atomic mass is 35.5. The summed E-state index contributed by atoms with van der Waals surface area (Å²) in [6.07, 6.45) is 1.58. The number of aromatic carboxylic acids is 1. The van der Waals surface area contributed by atoms with Crippen LogP contribution in [0.1, 0.15) is 20.8 Å². The van der Waals surface area contributed by atoms with E-state index in [1.807, 2.05) is 5.38 Å². The maximum atomic E-state index is 11.0. The van der Waals surface area contributed by atoms with E-state index in [4.69, 9.17) is 16.7 Å². The molecule has 5 heteroatoms. The number of rotatable bonds is 4. The van der Waals surface area contributed by atoms with Crippen LogP contribution in [0.2, 0.25) is 4.34 Å². The van der Waals surface area contributed by atoms with Crippen molar-refractivity contribution in [3.8, 4) is 0 Å². The average Bonchev–Trinajstić information content (AvgIpc) is 2.83. The van der Waals surface area contributed by atoms with Crippen LogP contribution < -0.4 is 0 Å². The fraction of sp³-hybridized carbons (Fsp3) is 0.182. The third kappa shape index (κ3) is 2.64. The highest BCUT2D eigenvalue weighted by Crippen LogP contribution is 2.28. The van der Waals surface area contributed by atoms with E-state index in [0.717, 1.165) is 29.7 Å². The quantitative estimate of drug-likeness (QED) is 0.915. The maximum Gasteiger partial charge on any atom is 0.346 e. The number of carboxylic acid groups (broad SMARTS) is 1. The summed E-state index contributed by atoms with van der Waals surface area (Å²) in [4.78, 5) is 11.3. The van der Waals surface area contributed by atoms with Crippen LogP contribution in [-0.2, 0) is 12.8 Å². The van der Waals surface area contributed by atoms with Crippen molar-refractivity contribution in [2.24, 2.45) is 0 Å². The van der Waals surface area contributed by atoms with Gasteiger partial charge in [0, 0.05) is 0 Å². The van der Waals surface area contributed by atoms with Crippen LogP contribution in [0.5, 0.6) is 0 Å². The van der Waals surface area contributed by atoms with Gasteiger partial charge in [0.25, 0.3) is 0 Å². The minimum Gasteiger partial charge on any atom is -0.477 e. The molecule has 0 aromatic carbocycles. The molecular weight excluding hydrogens is 264 g/mol. The van der Waals surface area contributed by atoms with Gasteiger partial charge in [-0.15, -0.1) is 11.3 Å². The zero-order chi connectivity index (χ0) is 11.5. The molecule has 2 nitrogen and oxygen atoms in total. The second-order valence-corrected chi connectivity index (χ2v) is 5.81. The molecule has 16 heavy (non-hydrogen) atoms. The van der Waals surface area contributed by atoms with Gasteiger partial charge in [0.15, 0.2) is 0 Å². The van der Waals surface area contributed by atoms with Crippen LogP contribution in [0.3, 0.4) is 0 Å². The Morgan fingerprint density at radius 3 is 2.88 bits per heavy atom. The fourth-order valence-electron chi connectivity index (χ4n) is 1.48. The van der Waals surface area contributed by atoms with Crippen LogP contribution >= 0.6 is 34.3 Å². The Balaban J connectivity index is 2.12. The molecule has 0 bridgehead atoms. The molecular formula is C11H9ClO2S2. The van der Waals surface area contributed by atoms with E-state index in [1.54, 1.807) is 17.4 Å². The highest BCUT2D eigenvalue weighted by molar-refractivity contribution is 7.18. The van der Waals surface area contributed by atoms with Crippen molar-refractivity contribution in [2.45, 2.75) is 12.8 Å². The summed E-state index contributed by atoms with van der Waals surface area (Å²) in [7, 11) is 0. The van der Waals surface area contributed by atoms with Crippen molar-refractivity contribution in [3.63, 3.8) is 0 Å². The first-order valence-electron chi connectivity index (χ1n) is 4.69. The molecule has 2 aromatic rings. The van der Waals surface area contributed by atoms with Crippen LogP contribution in [0.4, 0.5) is 0 Å². The molecule has 0 amide bonds. The Morgan fingerprint density at radius 1 is 1.44 bits per heavy atom. The molecule has 0 atom stereocenters. The lowest BCUT2D eigenvalue weighted by Gasteiger charge is -1.98. The molecule has 0 aliphatic rings. The van der Waals surface area contributed by atoms with E-state index in [2.05, 4.69) is 11.4 Å². The predicted molar refractivity (Wildman–Crippen MR) is 68.0 cm³/mol. The SMILES string of the molecule is O=C(O)c1sc(Cl)cc1CCc1ccsc1. The molecule has 0 saturated carbocycles. The summed E-state index contributed by atoms with van der Waals surface area (Å²) in [6.45, 7) is 0. The zero-order valence-electron chi connectivity index (χ0n) is 8.27. The van der Waals surface area contributed by atoms with Crippen LogP contribution in [-0.4, -0.2) is 11.1 Å². The Morgan fingerprint density at radius 2 is 2.25 bits per heavy atom. The van der Waals surface area contributed by atoms with Gasteiger partial charge in [0.2, 0.25) is 0 Å². The van der Waals surface area contributed by atoms with Gasteiger partial charge in [-0.05, 0) is 46.9 Å². The molecule has 0 radical (unpaired) electrons. The van der Waals surface area contributed by atoms with Crippen molar-refractivity contribution in [1.82, 2.24) is 0 Å². The molecule has 0 aliphatic carbocycles. The number of aryl methyl sites for hydroxylation is 2. The van der Waals surface area contributed by atoms with Gasteiger partial charge in [-0.2, -0.15) is 11.3 Å². The Hall–Kier alpha value is -0.840. The molecule has 0 saturated heterocycles. The first-order chi connectivity index (χ1) is 7.66. The number of carbonyl (C=O) groups is 1. The fourth-order valence-corrected chi connectivity index (χ4v) is 3.32. The number of carboxylic acids is 1. The van der Waals surface area contributed by atoms with E-state index >= 15 is 0 Å². The van der Waals surface area contributed by atoms with E-state index < -0.39 is 5.97 Å². The van der Waals surface area contributed by atoms with E-state index in [0.29, 0.717) is 9.21 Å². The lowest BCUT2D eigenvalue weighted by Crippen LogP contribution is -1.98. The van der Waals surface area contributed by atoms with Crippen molar-refractivity contribution in [2.75, 3.05) is 0 Å². The molecule has 1 N–H and O–H groups in total. The molecule has 2 heterocycles. The smallest absolute Gasteiger partial charge is 0.346 e. The average molecular weight is 273 g/mol. The summed E-state index contributed by atoms with van der Waals surface area (Å²) < 4.78 is 0.540.